The van der Waals surface area contributed by atoms with Gasteiger partial charge in [0.05, 0.1) is 17.1 Å². The summed E-state index contributed by atoms with van der Waals surface area (Å²) in [7, 11) is 0. The van der Waals surface area contributed by atoms with Crippen molar-refractivity contribution >= 4 is 34.3 Å². The SMILES string of the molecule is Cc1ccc(-c2nc(C)sc2CC(=O)Nc2ccc(-c3nccs3)cc2)cc1. The largest absolute Gasteiger partial charge is 0.326 e. The number of aromatic nitrogens is 2. The van der Waals surface area contributed by atoms with Gasteiger partial charge in [0.2, 0.25) is 5.91 Å². The molecule has 1 amide bonds. The molecule has 1 N–H and O–H groups in total. The van der Waals surface area contributed by atoms with E-state index in [9.17, 15) is 4.79 Å². The molecule has 4 nitrogen and oxygen atoms in total. The van der Waals surface area contributed by atoms with E-state index < -0.39 is 0 Å². The number of nitrogens with zero attached hydrogens (tertiary/aromatic N) is 2. The molecule has 0 fully saturated rings. The lowest BCUT2D eigenvalue weighted by Gasteiger charge is -2.07. The molecule has 0 saturated carbocycles. The maximum Gasteiger partial charge on any atom is 0.229 e. The Morgan fingerprint density at radius 3 is 2.39 bits per heavy atom. The molecule has 0 aliphatic carbocycles. The van der Waals surface area contributed by atoms with Crippen molar-refractivity contribution in [2.45, 2.75) is 20.3 Å². The summed E-state index contributed by atoms with van der Waals surface area (Å²) in [6, 6.07) is 16.0. The van der Waals surface area contributed by atoms with Crippen molar-refractivity contribution in [3.05, 3.63) is 75.6 Å². The van der Waals surface area contributed by atoms with Crippen molar-refractivity contribution in [3.8, 4) is 21.8 Å². The average molecular weight is 406 g/mol. The minimum atomic E-state index is -0.0426. The highest BCUT2D eigenvalue weighted by Gasteiger charge is 2.15. The van der Waals surface area contributed by atoms with Gasteiger partial charge in [-0.25, -0.2) is 9.97 Å². The first kappa shape index (κ1) is 18.5. The van der Waals surface area contributed by atoms with Gasteiger partial charge in [-0.3, -0.25) is 4.79 Å². The molecular formula is C22H19N3OS2. The van der Waals surface area contributed by atoms with Gasteiger partial charge in [-0.2, -0.15) is 0 Å². The lowest BCUT2D eigenvalue weighted by atomic mass is 10.1. The highest BCUT2D eigenvalue weighted by Crippen LogP contribution is 2.29. The monoisotopic (exact) mass is 405 g/mol. The Hall–Kier alpha value is -2.83. The van der Waals surface area contributed by atoms with Gasteiger partial charge in [-0.05, 0) is 38.1 Å². The van der Waals surface area contributed by atoms with Gasteiger partial charge in [0.15, 0.2) is 0 Å². The van der Waals surface area contributed by atoms with E-state index in [-0.39, 0.29) is 5.91 Å². The molecule has 140 valence electrons. The van der Waals surface area contributed by atoms with Crippen LogP contribution in [-0.2, 0) is 11.2 Å². The van der Waals surface area contributed by atoms with E-state index in [0.717, 1.165) is 37.4 Å². The smallest absolute Gasteiger partial charge is 0.229 e. The van der Waals surface area contributed by atoms with Crippen LogP contribution < -0.4 is 5.32 Å². The van der Waals surface area contributed by atoms with E-state index in [4.69, 9.17) is 0 Å². The Labute approximate surface area is 171 Å². The van der Waals surface area contributed by atoms with Gasteiger partial charge in [0, 0.05) is 33.3 Å². The summed E-state index contributed by atoms with van der Waals surface area (Å²) >= 11 is 3.17. The van der Waals surface area contributed by atoms with E-state index in [2.05, 4.69) is 46.5 Å². The van der Waals surface area contributed by atoms with Crippen molar-refractivity contribution < 1.29 is 4.79 Å². The average Bonchev–Trinajstić information content (AvgIpc) is 3.33. The molecule has 6 heteroatoms. The second-order valence-electron chi connectivity index (χ2n) is 6.51. The van der Waals surface area contributed by atoms with Crippen LogP contribution in [-0.4, -0.2) is 15.9 Å². The summed E-state index contributed by atoms with van der Waals surface area (Å²) in [5, 5.41) is 6.87. The summed E-state index contributed by atoms with van der Waals surface area (Å²) in [5.41, 5.74) is 4.98. The van der Waals surface area contributed by atoms with Crippen molar-refractivity contribution in [2.75, 3.05) is 5.32 Å². The molecule has 0 spiro atoms. The Bertz CT molecular complexity index is 1080. The zero-order chi connectivity index (χ0) is 19.5. The van der Waals surface area contributed by atoms with Crippen molar-refractivity contribution in [3.63, 3.8) is 0 Å². The summed E-state index contributed by atoms with van der Waals surface area (Å²) in [6.45, 7) is 4.03. The van der Waals surface area contributed by atoms with E-state index in [0.29, 0.717) is 6.42 Å². The van der Waals surface area contributed by atoms with E-state index >= 15 is 0 Å². The first-order valence-electron chi connectivity index (χ1n) is 8.91. The molecule has 28 heavy (non-hydrogen) atoms. The van der Waals surface area contributed by atoms with Crippen LogP contribution in [0.25, 0.3) is 21.8 Å². The number of carbonyl (C=O) groups is 1. The quantitative estimate of drug-likeness (QED) is 0.461. The zero-order valence-corrected chi connectivity index (χ0v) is 17.2. The lowest BCUT2D eigenvalue weighted by molar-refractivity contribution is -0.115. The number of carbonyl (C=O) groups excluding carboxylic acids is 1. The van der Waals surface area contributed by atoms with Gasteiger partial charge in [-0.1, -0.05) is 29.8 Å². The number of hydrogen-bond donors (Lipinski definition) is 1. The molecular weight excluding hydrogens is 386 g/mol. The minimum Gasteiger partial charge on any atom is -0.326 e. The minimum absolute atomic E-state index is 0.0426. The molecule has 2 aromatic carbocycles. The standard InChI is InChI=1S/C22H19N3OS2/c1-14-3-5-16(6-4-14)21-19(28-15(2)24-21)13-20(26)25-18-9-7-17(8-10-18)22-23-11-12-27-22/h3-12H,13H2,1-2H3,(H,25,26). The molecule has 0 bridgehead atoms. The van der Waals surface area contributed by atoms with Gasteiger partial charge >= 0.3 is 0 Å². The molecule has 0 atom stereocenters. The number of amides is 1. The maximum atomic E-state index is 12.6. The summed E-state index contributed by atoms with van der Waals surface area (Å²) < 4.78 is 0. The van der Waals surface area contributed by atoms with Crippen molar-refractivity contribution in [1.29, 1.82) is 0 Å². The fourth-order valence-electron chi connectivity index (χ4n) is 2.94. The van der Waals surface area contributed by atoms with Crippen LogP contribution in [0.3, 0.4) is 0 Å². The summed E-state index contributed by atoms with van der Waals surface area (Å²) in [6.07, 6.45) is 2.10. The molecule has 0 radical (unpaired) electrons. The lowest BCUT2D eigenvalue weighted by Crippen LogP contribution is -2.14. The zero-order valence-electron chi connectivity index (χ0n) is 15.6. The van der Waals surface area contributed by atoms with Crippen LogP contribution in [0.2, 0.25) is 0 Å². The van der Waals surface area contributed by atoms with Crippen LogP contribution in [0.15, 0.2) is 60.1 Å². The third-order valence-corrected chi connectivity index (χ3v) is 6.09. The highest BCUT2D eigenvalue weighted by molar-refractivity contribution is 7.13. The Balaban J connectivity index is 1.48. The molecule has 4 rings (SSSR count). The Morgan fingerprint density at radius 1 is 1.00 bits per heavy atom. The van der Waals surface area contributed by atoms with Crippen LogP contribution >= 0.6 is 22.7 Å². The third-order valence-electron chi connectivity index (χ3n) is 4.30. The molecule has 0 aliphatic heterocycles. The van der Waals surface area contributed by atoms with Gasteiger partial charge < -0.3 is 5.32 Å². The molecule has 0 unspecified atom stereocenters. The molecule has 2 aromatic heterocycles. The fourth-order valence-corrected chi connectivity index (χ4v) is 4.54. The molecule has 0 saturated heterocycles. The first-order chi connectivity index (χ1) is 13.6. The number of nitrogens with one attached hydrogen (secondary N) is 1. The third kappa shape index (κ3) is 4.18. The van der Waals surface area contributed by atoms with Gasteiger partial charge in [-0.15, -0.1) is 22.7 Å². The highest BCUT2D eigenvalue weighted by atomic mass is 32.1. The van der Waals surface area contributed by atoms with Crippen LogP contribution in [0, 0.1) is 13.8 Å². The number of hydrogen-bond acceptors (Lipinski definition) is 5. The normalized spacial score (nSPS) is 10.8. The molecule has 0 aliphatic rings. The van der Waals surface area contributed by atoms with Crippen LogP contribution in [0.5, 0.6) is 0 Å². The number of thiazole rings is 2. The second-order valence-corrected chi connectivity index (χ2v) is 8.69. The van der Waals surface area contributed by atoms with Gasteiger partial charge in [0.25, 0.3) is 0 Å². The predicted octanol–water partition coefficient (Wildman–Crippen LogP) is 5.73. The van der Waals surface area contributed by atoms with Crippen molar-refractivity contribution in [2.24, 2.45) is 0 Å². The van der Waals surface area contributed by atoms with Crippen molar-refractivity contribution in [1.82, 2.24) is 9.97 Å². The van der Waals surface area contributed by atoms with Crippen LogP contribution in [0.1, 0.15) is 15.4 Å². The second kappa shape index (κ2) is 8.04. The number of rotatable bonds is 5. The van der Waals surface area contributed by atoms with Gasteiger partial charge in [0.1, 0.15) is 5.01 Å². The number of anilines is 1. The Morgan fingerprint density at radius 2 is 1.71 bits per heavy atom. The van der Waals surface area contributed by atoms with E-state index in [1.54, 1.807) is 28.9 Å². The first-order valence-corrected chi connectivity index (χ1v) is 10.6. The topological polar surface area (TPSA) is 54.9 Å². The fraction of sp³-hybridized carbons (Fsp3) is 0.136. The molecule has 4 aromatic rings. The number of benzene rings is 2. The number of aryl methyl sites for hydroxylation is 2. The Kier molecular flexibility index (Phi) is 5.32. The molecule has 2 heterocycles. The summed E-state index contributed by atoms with van der Waals surface area (Å²) in [5.74, 6) is -0.0426. The van der Waals surface area contributed by atoms with E-state index in [1.807, 2.05) is 36.6 Å². The summed E-state index contributed by atoms with van der Waals surface area (Å²) in [4.78, 5) is 22.5. The van der Waals surface area contributed by atoms with Crippen LogP contribution in [0.4, 0.5) is 5.69 Å². The maximum absolute atomic E-state index is 12.6. The predicted molar refractivity (Wildman–Crippen MR) is 117 cm³/mol. The van der Waals surface area contributed by atoms with E-state index in [1.165, 1.54) is 5.56 Å².